The summed E-state index contributed by atoms with van der Waals surface area (Å²) in [7, 11) is 1.65. The number of aryl methyl sites for hydroxylation is 3. The fraction of sp³-hybridized carbons (Fsp3) is 0.333. The maximum atomic E-state index is 10.6. The van der Waals surface area contributed by atoms with E-state index >= 15 is 0 Å². The highest BCUT2D eigenvalue weighted by molar-refractivity contribution is 9.10. The van der Waals surface area contributed by atoms with Crippen molar-refractivity contribution >= 4 is 15.9 Å². The van der Waals surface area contributed by atoms with Gasteiger partial charge in [0, 0.05) is 10.9 Å². The Morgan fingerprint density at radius 2 is 1.71 bits per heavy atom. The van der Waals surface area contributed by atoms with Crippen LogP contribution in [-0.4, -0.2) is 12.2 Å². The molecule has 2 aromatic rings. The van der Waals surface area contributed by atoms with Crippen LogP contribution < -0.4 is 4.74 Å². The Bertz CT molecular complexity index is 650. The first-order chi connectivity index (χ1) is 9.92. The smallest absolute Gasteiger partial charge is 0.119 e. The molecular weight excluding hydrogens is 328 g/mol. The molecule has 0 bridgehead atoms. The molecule has 2 rings (SSSR count). The molecule has 0 saturated carbocycles. The van der Waals surface area contributed by atoms with E-state index in [4.69, 9.17) is 4.74 Å². The molecular formula is C18H21BrO2. The minimum atomic E-state index is -0.521. The summed E-state index contributed by atoms with van der Waals surface area (Å²) in [4.78, 5) is 0. The first-order valence-electron chi connectivity index (χ1n) is 7.00. The van der Waals surface area contributed by atoms with Crippen molar-refractivity contribution in [1.29, 1.82) is 0 Å². The predicted molar refractivity (Wildman–Crippen MR) is 90.0 cm³/mol. The van der Waals surface area contributed by atoms with Crippen LogP contribution in [0.3, 0.4) is 0 Å². The summed E-state index contributed by atoms with van der Waals surface area (Å²) in [5.41, 5.74) is 5.63. The number of halogens is 1. The summed E-state index contributed by atoms with van der Waals surface area (Å²) in [5, 5.41) is 10.6. The van der Waals surface area contributed by atoms with Crippen LogP contribution in [0.1, 0.15) is 33.9 Å². The van der Waals surface area contributed by atoms with Crippen molar-refractivity contribution in [2.45, 2.75) is 33.3 Å². The number of aliphatic hydroxyl groups is 1. The predicted octanol–water partition coefficient (Wildman–Crippen LogP) is 4.66. The van der Waals surface area contributed by atoms with Gasteiger partial charge in [-0.3, -0.25) is 0 Å². The molecule has 0 saturated heterocycles. The third-order valence-corrected chi connectivity index (χ3v) is 4.68. The second-order valence-electron chi connectivity index (χ2n) is 5.47. The third kappa shape index (κ3) is 3.66. The zero-order valence-electron chi connectivity index (χ0n) is 12.9. The Morgan fingerprint density at radius 3 is 2.38 bits per heavy atom. The van der Waals surface area contributed by atoms with Gasteiger partial charge < -0.3 is 9.84 Å². The topological polar surface area (TPSA) is 29.5 Å². The Balaban J connectivity index is 2.30. The molecule has 0 aliphatic rings. The van der Waals surface area contributed by atoms with Gasteiger partial charge in [0.25, 0.3) is 0 Å². The van der Waals surface area contributed by atoms with Gasteiger partial charge in [0.05, 0.1) is 13.2 Å². The average molecular weight is 349 g/mol. The van der Waals surface area contributed by atoms with Crippen molar-refractivity contribution in [3.8, 4) is 5.75 Å². The van der Waals surface area contributed by atoms with E-state index in [1.54, 1.807) is 7.11 Å². The first kappa shape index (κ1) is 16.1. The summed E-state index contributed by atoms with van der Waals surface area (Å²) in [6.07, 6.45) is 0.0360. The molecule has 112 valence electrons. The van der Waals surface area contributed by atoms with Crippen LogP contribution in [0.5, 0.6) is 5.75 Å². The van der Waals surface area contributed by atoms with E-state index in [1.807, 2.05) is 25.1 Å². The highest BCUT2D eigenvalue weighted by atomic mass is 79.9. The van der Waals surface area contributed by atoms with E-state index in [-0.39, 0.29) is 0 Å². The summed E-state index contributed by atoms with van der Waals surface area (Å²) < 4.78 is 6.24. The SMILES string of the molecule is COc1ccc(Br)c(CC(O)c2cc(C)c(C)cc2C)c1. The van der Waals surface area contributed by atoms with Gasteiger partial charge in [-0.1, -0.05) is 28.1 Å². The van der Waals surface area contributed by atoms with E-state index in [2.05, 4.69) is 41.9 Å². The van der Waals surface area contributed by atoms with Gasteiger partial charge >= 0.3 is 0 Å². The van der Waals surface area contributed by atoms with E-state index in [0.29, 0.717) is 6.42 Å². The molecule has 1 N–H and O–H groups in total. The molecule has 2 aromatic carbocycles. The Labute approximate surface area is 134 Å². The van der Waals surface area contributed by atoms with Gasteiger partial charge in [-0.25, -0.2) is 0 Å². The van der Waals surface area contributed by atoms with E-state index in [0.717, 1.165) is 26.9 Å². The quantitative estimate of drug-likeness (QED) is 0.870. The molecule has 3 heteroatoms. The molecule has 0 fully saturated rings. The molecule has 0 aliphatic heterocycles. The second kappa shape index (κ2) is 6.63. The standard InChI is InChI=1S/C18H21BrO2/c1-11-7-13(3)16(8-12(11)2)18(20)10-14-9-15(21-4)5-6-17(14)19/h5-9,18,20H,10H2,1-4H3. The molecule has 2 nitrogen and oxygen atoms in total. The summed E-state index contributed by atoms with van der Waals surface area (Å²) in [5.74, 6) is 0.803. The summed E-state index contributed by atoms with van der Waals surface area (Å²) >= 11 is 3.54. The van der Waals surface area contributed by atoms with Crippen molar-refractivity contribution in [3.63, 3.8) is 0 Å². The van der Waals surface area contributed by atoms with Gasteiger partial charge in [-0.15, -0.1) is 0 Å². The lowest BCUT2D eigenvalue weighted by atomic mass is 9.94. The minimum absolute atomic E-state index is 0.521. The molecule has 21 heavy (non-hydrogen) atoms. The lowest BCUT2D eigenvalue weighted by Gasteiger charge is -2.17. The number of methoxy groups -OCH3 is 1. The first-order valence-corrected chi connectivity index (χ1v) is 7.80. The van der Waals surface area contributed by atoms with Gasteiger partial charge in [0.1, 0.15) is 5.75 Å². The van der Waals surface area contributed by atoms with E-state index < -0.39 is 6.10 Å². The van der Waals surface area contributed by atoms with Gasteiger partial charge in [-0.05, 0) is 66.8 Å². The fourth-order valence-electron chi connectivity index (χ4n) is 2.49. The Kier molecular flexibility index (Phi) is 5.07. The minimum Gasteiger partial charge on any atom is -0.497 e. The van der Waals surface area contributed by atoms with Crippen molar-refractivity contribution in [2.24, 2.45) is 0 Å². The van der Waals surface area contributed by atoms with Crippen LogP contribution in [0.2, 0.25) is 0 Å². The normalized spacial score (nSPS) is 12.3. The third-order valence-electron chi connectivity index (χ3n) is 3.91. The second-order valence-corrected chi connectivity index (χ2v) is 6.32. The highest BCUT2D eigenvalue weighted by Crippen LogP contribution is 2.29. The number of hydrogen-bond donors (Lipinski definition) is 1. The van der Waals surface area contributed by atoms with Crippen LogP contribution in [0.25, 0.3) is 0 Å². The lowest BCUT2D eigenvalue weighted by Crippen LogP contribution is -2.06. The van der Waals surface area contributed by atoms with Crippen molar-refractivity contribution in [3.05, 3.63) is 62.6 Å². The summed E-state index contributed by atoms with van der Waals surface area (Å²) in [6, 6.07) is 10.0. The average Bonchev–Trinajstić information content (AvgIpc) is 2.45. The Hall–Kier alpha value is -1.32. The largest absolute Gasteiger partial charge is 0.497 e. The zero-order valence-corrected chi connectivity index (χ0v) is 14.5. The number of hydrogen-bond acceptors (Lipinski definition) is 2. The molecule has 0 spiro atoms. The summed E-state index contributed by atoms with van der Waals surface area (Å²) in [6.45, 7) is 6.22. The zero-order chi connectivity index (χ0) is 15.6. The van der Waals surface area contributed by atoms with Crippen LogP contribution in [-0.2, 0) is 6.42 Å². The number of aliphatic hydroxyl groups excluding tert-OH is 1. The molecule has 0 amide bonds. The van der Waals surface area contributed by atoms with Crippen molar-refractivity contribution in [2.75, 3.05) is 7.11 Å². The monoisotopic (exact) mass is 348 g/mol. The van der Waals surface area contributed by atoms with Gasteiger partial charge in [0.2, 0.25) is 0 Å². The molecule has 0 aromatic heterocycles. The molecule has 1 unspecified atom stereocenters. The van der Waals surface area contributed by atoms with E-state index in [1.165, 1.54) is 11.1 Å². The number of benzene rings is 2. The van der Waals surface area contributed by atoms with Crippen LogP contribution >= 0.6 is 15.9 Å². The van der Waals surface area contributed by atoms with E-state index in [9.17, 15) is 5.11 Å². The molecule has 0 radical (unpaired) electrons. The lowest BCUT2D eigenvalue weighted by molar-refractivity contribution is 0.177. The maximum absolute atomic E-state index is 10.6. The number of ether oxygens (including phenoxy) is 1. The van der Waals surface area contributed by atoms with Crippen molar-refractivity contribution < 1.29 is 9.84 Å². The molecule has 0 aliphatic carbocycles. The van der Waals surface area contributed by atoms with Crippen LogP contribution in [0.4, 0.5) is 0 Å². The van der Waals surface area contributed by atoms with Gasteiger partial charge in [0.15, 0.2) is 0 Å². The van der Waals surface area contributed by atoms with Crippen LogP contribution in [0, 0.1) is 20.8 Å². The maximum Gasteiger partial charge on any atom is 0.119 e. The van der Waals surface area contributed by atoms with Gasteiger partial charge in [-0.2, -0.15) is 0 Å². The highest BCUT2D eigenvalue weighted by Gasteiger charge is 2.14. The fourth-order valence-corrected chi connectivity index (χ4v) is 2.90. The Morgan fingerprint density at radius 1 is 1.05 bits per heavy atom. The van der Waals surface area contributed by atoms with Crippen molar-refractivity contribution in [1.82, 2.24) is 0 Å². The number of rotatable bonds is 4. The van der Waals surface area contributed by atoms with Crippen LogP contribution in [0.15, 0.2) is 34.8 Å². The molecule has 1 atom stereocenters. The molecule has 0 heterocycles.